The van der Waals surface area contributed by atoms with E-state index >= 15 is 0 Å². The quantitative estimate of drug-likeness (QED) is 0.657. The minimum atomic E-state index is -0.309. The number of amides is 3. The Morgan fingerprint density at radius 2 is 1.36 bits per heavy atom. The van der Waals surface area contributed by atoms with Crippen LogP contribution in [-0.2, 0) is 4.79 Å². The highest BCUT2D eigenvalue weighted by Gasteiger charge is 2.09. The van der Waals surface area contributed by atoms with E-state index in [1.165, 1.54) is 0 Å². The van der Waals surface area contributed by atoms with Gasteiger partial charge < -0.3 is 16.0 Å². The number of urea groups is 1. The van der Waals surface area contributed by atoms with Gasteiger partial charge in [-0.3, -0.25) is 4.79 Å². The maximum Gasteiger partial charge on any atom is 0.323 e. The maximum absolute atomic E-state index is 12.0. The number of para-hydroxylation sites is 1. The molecule has 0 aromatic heterocycles. The smallest absolute Gasteiger partial charge is 0.323 e. The molecule has 5 nitrogen and oxygen atoms in total. The lowest BCUT2D eigenvalue weighted by atomic mass is 10.0. The number of carbonyl (C=O) groups is 2. The predicted molar refractivity (Wildman–Crippen MR) is 103 cm³/mol. The number of anilines is 3. The van der Waals surface area contributed by atoms with E-state index < -0.39 is 0 Å². The van der Waals surface area contributed by atoms with Crippen LogP contribution in [0.15, 0.2) is 54.6 Å². The van der Waals surface area contributed by atoms with Crippen molar-refractivity contribution in [3.05, 3.63) is 54.6 Å². The van der Waals surface area contributed by atoms with Crippen molar-refractivity contribution < 1.29 is 9.59 Å². The third kappa shape index (κ3) is 6.67. The fourth-order valence-corrected chi connectivity index (χ4v) is 2.58. The van der Waals surface area contributed by atoms with Crippen molar-refractivity contribution in [3.8, 4) is 0 Å². The number of nitrogens with one attached hydrogen (secondary N) is 3. The van der Waals surface area contributed by atoms with Gasteiger partial charge in [-0.25, -0.2) is 4.79 Å². The first kappa shape index (κ1) is 18.5. The molecule has 0 bridgehead atoms. The fourth-order valence-electron chi connectivity index (χ4n) is 2.58. The standard InChI is InChI=1S/C20H25N3O2/c1-3-7-15(2)14-19(24)21-17-10-12-18(13-11-17)23-20(25)22-16-8-5-4-6-9-16/h4-6,8-13,15H,3,7,14H2,1-2H3,(H,21,24)(H2,22,23,25). The van der Waals surface area contributed by atoms with Gasteiger partial charge in [-0.05, 0) is 42.3 Å². The lowest BCUT2D eigenvalue weighted by Gasteiger charge is -2.11. The first-order valence-electron chi connectivity index (χ1n) is 8.59. The second-order valence-corrected chi connectivity index (χ2v) is 6.17. The number of benzene rings is 2. The maximum atomic E-state index is 12.0. The molecule has 0 spiro atoms. The summed E-state index contributed by atoms with van der Waals surface area (Å²) in [6.07, 6.45) is 2.65. The molecule has 3 amide bonds. The SMILES string of the molecule is CCCC(C)CC(=O)Nc1ccc(NC(=O)Nc2ccccc2)cc1. The molecule has 0 saturated heterocycles. The van der Waals surface area contributed by atoms with Crippen molar-refractivity contribution in [2.24, 2.45) is 5.92 Å². The Morgan fingerprint density at radius 3 is 1.92 bits per heavy atom. The van der Waals surface area contributed by atoms with Crippen LogP contribution in [0, 0.1) is 5.92 Å². The van der Waals surface area contributed by atoms with Gasteiger partial charge in [0.15, 0.2) is 0 Å². The molecule has 2 aromatic carbocycles. The van der Waals surface area contributed by atoms with E-state index in [1.54, 1.807) is 24.3 Å². The van der Waals surface area contributed by atoms with Crippen molar-refractivity contribution in [2.75, 3.05) is 16.0 Å². The van der Waals surface area contributed by atoms with Crippen molar-refractivity contribution in [1.29, 1.82) is 0 Å². The van der Waals surface area contributed by atoms with Crippen molar-refractivity contribution in [1.82, 2.24) is 0 Å². The zero-order valence-electron chi connectivity index (χ0n) is 14.7. The highest BCUT2D eigenvalue weighted by molar-refractivity contribution is 6.00. The normalized spacial score (nSPS) is 11.4. The van der Waals surface area contributed by atoms with Gasteiger partial charge in [0.2, 0.25) is 5.91 Å². The van der Waals surface area contributed by atoms with Crippen LogP contribution in [0.5, 0.6) is 0 Å². The van der Waals surface area contributed by atoms with Crippen LogP contribution in [0.2, 0.25) is 0 Å². The van der Waals surface area contributed by atoms with E-state index in [9.17, 15) is 9.59 Å². The molecule has 3 N–H and O–H groups in total. The molecule has 2 aromatic rings. The molecule has 25 heavy (non-hydrogen) atoms. The molecule has 5 heteroatoms. The summed E-state index contributed by atoms with van der Waals surface area (Å²) in [5, 5.41) is 8.39. The second-order valence-electron chi connectivity index (χ2n) is 6.17. The third-order valence-electron chi connectivity index (χ3n) is 3.77. The Kier molecular flexibility index (Phi) is 7.01. The summed E-state index contributed by atoms with van der Waals surface area (Å²) in [4.78, 5) is 23.9. The monoisotopic (exact) mass is 339 g/mol. The third-order valence-corrected chi connectivity index (χ3v) is 3.77. The molecule has 0 heterocycles. The average molecular weight is 339 g/mol. The Morgan fingerprint density at radius 1 is 0.840 bits per heavy atom. The minimum absolute atomic E-state index is 0.0171. The Balaban J connectivity index is 1.83. The van der Waals surface area contributed by atoms with Gasteiger partial charge in [-0.2, -0.15) is 0 Å². The molecule has 0 aliphatic carbocycles. The average Bonchev–Trinajstić information content (AvgIpc) is 2.57. The summed E-state index contributed by atoms with van der Waals surface area (Å²) in [5.41, 5.74) is 2.11. The Labute approximate surface area is 148 Å². The van der Waals surface area contributed by atoms with Crippen LogP contribution in [0.3, 0.4) is 0 Å². The van der Waals surface area contributed by atoms with Crippen molar-refractivity contribution in [2.45, 2.75) is 33.1 Å². The highest BCUT2D eigenvalue weighted by Crippen LogP contribution is 2.16. The van der Waals surface area contributed by atoms with Crippen LogP contribution in [0.1, 0.15) is 33.1 Å². The molecule has 0 aliphatic rings. The van der Waals surface area contributed by atoms with Crippen LogP contribution < -0.4 is 16.0 Å². The van der Waals surface area contributed by atoms with Gasteiger partial charge in [0.05, 0.1) is 0 Å². The van der Waals surface area contributed by atoms with Crippen molar-refractivity contribution in [3.63, 3.8) is 0 Å². The van der Waals surface area contributed by atoms with Gasteiger partial charge in [0.1, 0.15) is 0 Å². The number of rotatable bonds is 7. The Bertz CT molecular complexity index is 684. The van der Waals surface area contributed by atoms with Crippen LogP contribution in [0.25, 0.3) is 0 Å². The molecule has 1 unspecified atom stereocenters. The summed E-state index contributed by atoms with van der Waals surface area (Å²) in [6, 6.07) is 16.0. The summed E-state index contributed by atoms with van der Waals surface area (Å²) >= 11 is 0. The molecule has 1 atom stereocenters. The van der Waals surface area contributed by atoms with Gasteiger partial charge >= 0.3 is 6.03 Å². The van der Waals surface area contributed by atoms with E-state index in [1.807, 2.05) is 30.3 Å². The fraction of sp³-hybridized carbons (Fsp3) is 0.300. The number of carbonyl (C=O) groups excluding carboxylic acids is 2. The predicted octanol–water partition coefficient (Wildman–Crippen LogP) is 5.10. The molecule has 0 radical (unpaired) electrons. The van der Waals surface area contributed by atoms with E-state index in [0.717, 1.165) is 24.2 Å². The molecular formula is C20H25N3O2. The molecule has 2 rings (SSSR count). The van der Waals surface area contributed by atoms with Crippen LogP contribution >= 0.6 is 0 Å². The van der Waals surface area contributed by atoms with Crippen molar-refractivity contribution >= 4 is 29.0 Å². The van der Waals surface area contributed by atoms with Crippen LogP contribution in [0.4, 0.5) is 21.9 Å². The lowest BCUT2D eigenvalue weighted by molar-refractivity contribution is -0.117. The lowest BCUT2D eigenvalue weighted by Crippen LogP contribution is -2.19. The van der Waals surface area contributed by atoms with E-state index in [-0.39, 0.29) is 11.9 Å². The number of hydrogen-bond donors (Lipinski definition) is 3. The molecule has 0 fully saturated rings. The van der Waals surface area contributed by atoms with Gasteiger partial charge in [-0.1, -0.05) is 44.9 Å². The van der Waals surface area contributed by atoms with E-state index in [4.69, 9.17) is 0 Å². The summed E-state index contributed by atoms with van der Waals surface area (Å²) in [5.74, 6) is 0.399. The van der Waals surface area contributed by atoms with E-state index in [2.05, 4.69) is 29.8 Å². The molecule has 132 valence electrons. The first-order chi connectivity index (χ1) is 12.1. The number of hydrogen-bond acceptors (Lipinski definition) is 2. The van der Waals surface area contributed by atoms with Crippen LogP contribution in [-0.4, -0.2) is 11.9 Å². The zero-order chi connectivity index (χ0) is 18.1. The molecule has 0 saturated carbocycles. The summed E-state index contributed by atoms with van der Waals surface area (Å²) < 4.78 is 0. The molecule has 0 aliphatic heterocycles. The molecular weight excluding hydrogens is 314 g/mol. The largest absolute Gasteiger partial charge is 0.326 e. The Hall–Kier alpha value is -2.82. The van der Waals surface area contributed by atoms with E-state index in [0.29, 0.717) is 18.0 Å². The highest BCUT2D eigenvalue weighted by atomic mass is 16.2. The van der Waals surface area contributed by atoms with Gasteiger partial charge in [0.25, 0.3) is 0 Å². The topological polar surface area (TPSA) is 70.2 Å². The second kappa shape index (κ2) is 9.47. The summed E-state index contributed by atoms with van der Waals surface area (Å²) in [7, 11) is 0. The van der Waals surface area contributed by atoms with Gasteiger partial charge in [-0.15, -0.1) is 0 Å². The van der Waals surface area contributed by atoms with Gasteiger partial charge in [0, 0.05) is 23.5 Å². The summed E-state index contributed by atoms with van der Waals surface area (Å²) in [6.45, 7) is 4.20. The first-order valence-corrected chi connectivity index (χ1v) is 8.59. The minimum Gasteiger partial charge on any atom is -0.326 e. The zero-order valence-corrected chi connectivity index (χ0v) is 14.7.